The summed E-state index contributed by atoms with van der Waals surface area (Å²) in [6, 6.07) is 11.3. The number of urea groups is 1. The Kier molecular flexibility index (Phi) is 6.96. The van der Waals surface area contributed by atoms with E-state index >= 15 is 0 Å². The summed E-state index contributed by atoms with van der Waals surface area (Å²) in [5, 5.41) is 7.60. The normalized spacial score (nSPS) is 10.1. The lowest BCUT2D eigenvalue weighted by molar-refractivity contribution is -0.137. The van der Waals surface area contributed by atoms with E-state index in [1.807, 2.05) is 41.8 Å². The topological polar surface area (TPSA) is 67.4 Å². The number of ether oxygens (including phenoxy) is 1. The summed E-state index contributed by atoms with van der Waals surface area (Å²) in [6.07, 6.45) is 0. The molecule has 1 aromatic heterocycles. The number of methoxy groups -OCH3 is 1. The molecule has 0 bridgehead atoms. The summed E-state index contributed by atoms with van der Waals surface area (Å²) >= 11 is 3.08. The second-order valence-electron chi connectivity index (χ2n) is 4.66. The molecule has 7 heteroatoms. The zero-order valence-corrected chi connectivity index (χ0v) is 14.3. The van der Waals surface area contributed by atoms with Gasteiger partial charge in [-0.3, -0.25) is 4.79 Å². The van der Waals surface area contributed by atoms with Crippen LogP contribution in [0.1, 0.15) is 10.4 Å². The molecule has 0 fully saturated rings. The second kappa shape index (κ2) is 9.22. The molecule has 23 heavy (non-hydrogen) atoms. The Labute approximate surface area is 143 Å². The Morgan fingerprint density at radius 1 is 1.26 bits per heavy atom. The SMILES string of the molecule is COC(=O)CSCc1cccc(NC(=O)NCc2cccs2)c1. The number of esters is 1. The van der Waals surface area contributed by atoms with Crippen LogP contribution in [0.2, 0.25) is 0 Å². The van der Waals surface area contributed by atoms with Crippen molar-refractivity contribution in [2.75, 3.05) is 18.2 Å². The summed E-state index contributed by atoms with van der Waals surface area (Å²) in [4.78, 5) is 24.1. The molecule has 0 atom stereocenters. The number of nitrogens with one attached hydrogen (secondary N) is 2. The maximum absolute atomic E-state index is 11.9. The van der Waals surface area contributed by atoms with E-state index in [2.05, 4.69) is 15.4 Å². The number of hydrogen-bond donors (Lipinski definition) is 2. The molecule has 0 saturated heterocycles. The predicted molar refractivity (Wildman–Crippen MR) is 94.8 cm³/mol. The van der Waals surface area contributed by atoms with Crippen molar-refractivity contribution in [2.24, 2.45) is 0 Å². The fourth-order valence-electron chi connectivity index (χ4n) is 1.81. The highest BCUT2D eigenvalue weighted by molar-refractivity contribution is 7.99. The Hall–Kier alpha value is -1.99. The van der Waals surface area contributed by atoms with Crippen LogP contribution in [0.4, 0.5) is 10.5 Å². The minimum atomic E-state index is -0.239. The first-order chi connectivity index (χ1) is 11.2. The number of amides is 2. The molecule has 0 aliphatic carbocycles. The molecule has 2 N–H and O–H groups in total. The molecular formula is C16H18N2O3S2. The average molecular weight is 350 g/mol. The number of carbonyl (C=O) groups excluding carboxylic acids is 2. The van der Waals surface area contributed by atoms with Gasteiger partial charge in [0.2, 0.25) is 0 Å². The third kappa shape index (κ3) is 6.33. The van der Waals surface area contributed by atoms with Crippen LogP contribution in [-0.2, 0) is 21.8 Å². The van der Waals surface area contributed by atoms with Crippen LogP contribution in [-0.4, -0.2) is 24.9 Å². The van der Waals surface area contributed by atoms with Gasteiger partial charge in [-0.05, 0) is 29.1 Å². The Bertz CT molecular complexity index is 645. The molecule has 0 aliphatic heterocycles. The first kappa shape index (κ1) is 17.4. The molecule has 2 aromatic rings. The van der Waals surface area contributed by atoms with Gasteiger partial charge in [-0.2, -0.15) is 0 Å². The molecule has 0 aliphatic rings. The van der Waals surface area contributed by atoms with Crippen molar-refractivity contribution in [3.63, 3.8) is 0 Å². The summed E-state index contributed by atoms with van der Waals surface area (Å²) < 4.78 is 4.60. The van der Waals surface area contributed by atoms with E-state index in [4.69, 9.17) is 0 Å². The van der Waals surface area contributed by atoms with Gasteiger partial charge in [0, 0.05) is 16.3 Å². The van der Waals surface area contributed by atoms with E-state index < -0.39 is 0 Å². The van der Waals surface area contributed by atoms with Crippen LogP contribution in [0.3, 0.4) is 0 Å². The summed E-state index contributed by atoms with van der Waals surface area (Å²) in [5.41, 5.74) is 1.76. The highest BCUT2D eigenvalue weighted by atomic mass is 32.2. The zero-order chi connectivity index (χ0) is 16.5. The molecule has 0 spiro atoms. The number of anilines is 1. The van der Waals surface area contributed by atoms with Gasteiger partial charge >= 0.3 is 12.0 Å². The highest BCUT2D eigenvalue weighted by Gasteiger charge is 2.04. The summed E-state index contributed by atoms with van der Waals surface area (Å²) in [5.74, 6) is 0.758. The zero-order valence-electron chi connectivity index (χ0n) is 12.7. The van der Waals surface area contributed by atoms with Gasteiger partial charge in [0.05, 0.1) is 19.4 Å². The van der Waals surface area contributed by atoms with Crippen LogP contribution in [0.15, 0.2) is 41.8 Å². The number of benzene rings is 1. The fraction of sp³-hybridized carbons (Fsp3) is 0.250. The second-order valence-corrected chi connectivity index (χ2v) is 6.67. The minimum absolute atomic E-state index is 0.238. The monoisotopic (exact) mass is 350 g/mol. The van der Waals surface area contributed by atoms with E-state index in [9.17, 15) is 9.59 Å². The quantitative estimate of drug-likeness (QED) is 0.750. The van der Waals surface area contributed by atoms with Crippen LogP contribution >= 0.6 is 23.1 Å². The lowest BCUT2D eigenvalue weighted by Crippen LogP contribution is -2.27. The van der Waals surface area contributed by atoms with E-state index in [1.54, 1.807) is 11.3 Å². The molecule has 0 radical (unpaired) electrons. The van der Waals surface area contributed by atoms with Crippen molar-refractivity contribution in [3.8, 4) is 0 Å². The van der Waals surface area contributed by atoms with Gasteiger partial charge < -0.3 is 15.4 Å². The Morgan fingerprint density at radius 3 is 2.87 bits per heavy atom. The summed E-state index contributed by atoms with van der Waals surface area (Å²) in [7, 11) is 1.38. The maximum atomic E-state index is 11.9. The summed E-state index contributed by atoms with van der Waals surface area (Å²) in [6.45, 7) is 0.512. The van der Waals surface area contributed by atoms with Crippen molar-refractivity contribution in [1.82, 2.24) is 5.32 Å². The van der Waals surface area contributed by atoms with E-state index in [0.29, 0.717) is 18.1 Å². The van der Waals surface area contributed by atoms with Gasteiger partial charge in [0.1, 0.15) is 0 Å². The molecule has 0 saturated carbocycles. The molecule has 2 amide bonds. The van der Waals surface area contributed by atoms with Gasteiger partial charge in [0.25, 0.3) is 0 Å². The number of hydrogen-bond acceptors (Lipinski definition) is 5. The molecule has 122 valence electrons. The Balaban J connectivity index is 1.79. The molecule has 1 heterocycles. The van der Waals surface area contributed by atoms with E-state index in [-0.39, 0.29) is 12.0 Å². The fourth-order valence-corrected chi connectivity index (χ4v) is 3.25. The largest absolute Gasteiger partial charge is 0.468 e. The lowest BCUT2D eigenvalue weighted by Gasteiger charge is -2.08. The number of carbonyl (C=O) groups is 2. The van der Waals surface area contributed by atoms with Crippen molar-refractivity contribution >= 4 is 40.8 Å². The maximum Gasteiger partial charge on any atom is 0.319 e. The van der Waals surface area contributed by atoms with Crippen LogP contribution < -0.4 is 10.6 Å². The molecule has 1 aromatic carbocycles. The standard InChI is InChI=1S/C16H18N2O3S2/c1-21-15(19)11-22-10-12-4-2-5-13(8-12)18-16(20)17-9-14-6-3-7-23-14/h2-8H,9-11H2,1H3,(H2,17,18,20). The predicted octanol–water partition coefficient (Wildman–Crippen LogP) is 3.48. The van der Waals surface area contributed by atoms with Crippen LogP contribution in [0, 0.1) is 0 Å². The van der Waals surface area contributed by atoms with Gasteiger partial charge in [-0.15, -0.1) is 23.1 Å². The van der Waals surface area contributed by atoms with Crippen LogP contribution in [0.5, 0.6) is 0 Å². The highest BCUT2D eigenvalue weighted by Crippen LogP contribution is 2.17. The van der Waals surface area contributed by atoms with Crippen molar-refractivity contribution in [1.29, 1.82) is 0 Å². The molecular weight excluding hydrogens is 332 g/mol. The third-order valence-electron chi connectivity index (χ3n) is 2.90. The van der Waals surface area contributed by atoms with E-state index in [1.165, 1.54) is 18.9 Å². The van der Waals surface area contributed by atoms with Gasteiger partial charge in [-0.1, -0.05) is 18.2 Å². The van der Waals surface area contributed by atoms with Gasteiger partial charge in [0.15, 0.2) is 0 Å². The first-order valence-corrected chi connectivity index (χ1v) is 9.01. The number of thiophene rings is 1. The van der Waals surface area contributed by atoms with Crippen molar-refractivity contribution in [2.45, 2.75) is 12.3 Å². The molecule has 2 rings (SSSR count). The first-order valence-electron chi connectivity index (χ1n) is 6.98. The lowest BCUT2D eigenvalue weighted by atomic mass is 10.2. The van der Waals surface area contributed by atoms with Gasteiger partial charge in [-0.25, -0.2) is 4.79 Å². The Morgan fingerprint density at radius 2 is 2.13 bits per heavy atom. The molecule has 0 unspecified atom stereocenters. The smallest absolute Gasteiger partial charge is 0.319 e. The van der Waals surface area contributed by atoms with Crippen molar-refractivity contribution in [3.05, 3.63) is 52.2 Å². The number of thioether (sulfide) groups is 1. The molecule has 5 nitrogen and oxygen atoms in total. The van der Waals surface area contributed by atoms with Crippen LogP contribution in [0.25, 0.3) is 0 Å². The average Bonchev–Trinajstić information content (AvgIpc) is 3.06. The minimum Gasteiger partial charge on any atom is -0.468 e. The third-order valence-corrected chi connectivity index (χ3v) is 4.76. The number of rotatable bonds is 7. The van der Waals surface area contributed by atoms with Crippen molar-refractivity contribution < 1.29 is 14.3 Å². The van der Waals surface area contributed by atoms with E-state index in [0.717, 1.165) is 16.1 Å².